The van der Waals surface area contributed by atoms with E-state index in [4.69, 9.17) is 5.26 Å². The van der Waals surface area contributed by atoms with Gasteiger partial charge in [0, 0.05) is 0 Å². The van der Waals surface area contributed by atoms with Crippen LogP contribution in [0.1, 0.15) is 12.8 Å². The molecule has 0 spiro atoms. The Morgan fingerprint density at radius 2 is 2.00 bits per heavy atom. The van der Waals surface area contributed by atoms with Gasteiger partial charge in [0.2, 0.25) is 0 Å². The van der Waals surface area contributed by atoms with Crippen LogP contribution in [0.5, 0.6) is 0 Å². The van der Waals surface area contributed by atoms with Gasteiger partial charge >= 0.3 is 5.97 Å². The van der Waals surface area contributed by atoms with E-state index in [1.54, 1.807) is 6.08 Å². The van der Waals surface area contributed by atoms with Gasteiger partial charge in [-0.1, -0.05) is 36.5 Å². The van der Waals surface area contributed by atoms with Crippen molar-refractivity contribution in [2.75, 3.05) is 0 Å². The lowest BCUT2D eigenvalue weighted by atomic mass is 10.0. The molecule has 0 saturated carbocycles. The van der Waals surface area contributed by atoms with E-state index in [2.05, 4.69) is 4.89 Å². The van der Waals surface area contributed by atoms with E-state index >= 15 is 0 Å². The van der Waals surface area contributed by atoms with Crippen LogP contribution in [-0.2, 0) is 9.68 Å². The summed E-state index contributed by atoms with van der Waals surface area (Å²) in [5.74, 6) is -0.706. The standard InChI is InChI=1S/C13H12O3/c14-13(16-15)12(11-7-3-4-8-11)9-10-5-1-2-6-10/h1-5,7,9,15H,6,8H2. The average Bonchev–Trinajstić information content (AvgIpc) is 2.97. The molecule has 0 aromatic rings. The van der Waals surface area contributed by atoms with Crippen LogP contribution in [0.2, 0.25) is 0 Å². The van der Waals surface area contributed by atoms with E-state index in [0.717, 1.165) is 17.6 Å². The molecule has 0 bridgehead atoms. The zero-order valence-corrected chi connectivity index (χ0v) is 8.72. The van der Waals surface area contributed by atoms with Gasteiger partial charge in [0.1, 0.15) is 0 Å². The third kappa shape index (κ3) is 2.20. The van der Waals surface area contributed by atoms with Crippen LogP contribution in [-0.4, -0.2) is 11.2 Å². The maximum Gasteiger partial charge on any atom is 0.373 e. The molecular weight excluding hydrogens is 204 g/mol. The Kier molecular flexibility index (Phi) is 3.17. The van der Waals surface area contributed by atoms with Crippen LogP contribution < -0.4 is 0 Å². The van der Waals surface area contributed by atoms with Gasteiger partial charge in [-0.25, -0.2) is 4.79 Å². The van der Waals surface area contributed by atoms with Crippen molar-refractivity contribution >= 4 is 5.97 Å². The maximum atomic E-state index is 11.4. The highest BCUT2D eigenvalue weighted by Crippen LogP contribution is 2.24. The Balaban J connectivity index is 2.24. The Morgan fingerprint density at radius 3 is 2.56 bits per heavy atom. The normalized spacial score (nSPS) is 18.7. The molecule has 1 N–H and O–H groups in total. The number of rotatable bonds is 3. The molecule has 3 heteroatoms. The minimum absolute atomic E-state index is 0.419. The minimum atomic E-state index is -0.706. The summed E-state index contributed by atoms with van der Waals surface area (Å²) in [6.07, 6.45) is 14.8. The fourth-order valence-electron chi connectivity index (χ4n) is 1.74. The fraction of sp³-hybridized carbons (Fsp3) is 0.154. The van der Waals surface area contributed by atoms with Crippen LogP contribution in [0.25, 0.3) is 0 Å². The van der Waals surface area contributed by atoms with Gasteiger partial charge in [-0.2, -0.15) is 5.26 Å². The number of hydrogen-bond donors (Lipinski definition) is 1. The Morgan fingerprint density at radius 1 is 1.25 bits per heavy atom. The van der Waals surface area contributed by atoms with E-state index in [0.29, 0.717) is 12.0 Å². The summed E-state index contributed by atoms with van der Waals surface area (Å²) in [4.78, 5) is 15.2. The summed E-state index contributed by atoms with van der Waals surface area (Å²) in [5, 5.41) is 8.47. The summed E-state index contributed by atoms with van der Waals surface area (Å²) < 4.78 is 0. The smallest absolute Gasteiger partial charge is 0.295 e. The first-order valence-electron chi connectivity index (χ1n) is 5.10. The lowest BCUT2D eigenvalue weighted by Crippen LogP contribution is -2.07. The quantitative estimate of drug-likeness (QED) is 0.448. The average molecular weight is 216 g/mol. The molecule has 2 rings (SSSR count). The SMILES string of the molecule is O=C(OO)C(=CC1=CC=CC1)C1=CC=CC1. The molecule has 3 nitrogen and oxygen atoms in total. The predicted octanol–water partition coefficient (Wildman–Crippen LogP) is 2.70. The molecule has 82 valence electrons. The topological polar surface area (TPSA) is 46.5 Å². The second-order valence-electron chi connectivity index (χ2n) is 3.63. The molecule has 0 radical (unpaired) electrons. The largest absolute Gasteiger partial charge is 0.373 e. The van der Waals surface area contributed by atoms with Gasteiger partial charge in [-0.3, -0.25) is 4.89 Å². The number of carbonyl (C=O) groups excluding carboxylic acids is 1. The number of carbonyl (C=O) groups is 1. The number of hydrogen-bond acceptors (Lipinski definition) is 3. The Hall–Kier alpha value is -1.87. The van der Waals surface area contributed by atoms with Crippen molar-refractivity contribution < 1.29 is 14.9 Å². The first-order chi connectivity index (χ1) is 7.81. The van der Waals surface area contributed by atoms with Crippen molar-refractivity contribution in [3.8, 4) is 0 Å². The summed E-state index contributed by atoms with van der Waals surface area (Å²) in [6, 6.07) is 0. The first kappa shape index (κ1) is 10.6. The van der Waals surface area contributed by atoms with Gasteiger partial charge in [-0.15, -0.1) is 0 Å². The van der Waals surface area contributed by atoms with Gasteiger partial charge < -0.3 is 0 Å². The molecule has 2 aliphatic carbocycles. The molecular formula is C13H12O3. The van der Waals surface area contributed by atoms with E-state index < -0.39 is 5.97 Å². The summed E-state index contributed by atoms with van der Waals surface area (Å²) in [5.41, 5.74) is 2.32. The lowest BCUT2D eigenvalue weighted by Gasteiger charge is -2.05. The second kappa shape index (κ2) is 4.77. The fourth-order valence-corrected chi connectivity index (χ4v) is 1.74. The first-order valence-corrected chi connectivity index (χ1v) is 5.10. The maximum absolute atomic E-state index is 11.4. The third-order valence-electron chi connectivity index (χ3n) is 2.55. The van der Waals surface area contributed by atoms with E-state index in [-0.39, 0.29) is 0 Å². The predicted molar refractivity (Wildman–Crippen MR) is 60.5 cm³/mol. The van der Waals surface area contributed by atoms with Gasteiger partial charge in [0.15, 0.2) is 0 Å². The van der Waals surface area contributed by atoms with Crippen LogP contribution >= 0.6 is 0 Å². The second-order valence-corrected chi connectivity index (χ2v) is 3.63. The molecule has 0 unspecified atom stereocenters. The number of allylic oxidation sites excluding steroid dienone is 8. The van der Waals surface area contributed by atoms with Crippen molar-refractivity contribution in [1.82, 2.24) is 0 Å². The van der Waals surface area contributed by atoms with Crippen molar-refractivity contribution in [2.45, 2.75) is 12.8 Å². The van der Waals surface area contributed by atoms with Crippen molar-refractivity contribution in [2.24, 2.45) is 0 Å². The van der Waals surface area contributed by atoms with E-state index in [1.165, 1.54) is 0 Å². The zero-order chi connectivity index (χ0) is 11.4. The molecule has 2 aliphatic rings. The van der Waals surface area contributed by atoms with Crippen molar-refractivity contribution in [3.63, 3.8) is 0 Å². The minimum Gasteiger partial charge on any atom is -0.295 e. The lowest BCUT2D eigenvalue weighted by molar-refractivity contribution is -0.229. The van der Waals surface area contributed by atoms with Gasteiger partial charge in [0.25, 0.3) is 0 Å². The summed E-state index contributed by atoms with van der Waals surface area (Å²) in [6.45, 7) is 0. The molecule has 0 amide bonds. The Labute approximate surface area is 93.7 Å². The van der Waals surface area contributed by atoms with Crippen LogP contribution in [0, 0.1) is 0 Å². The molecule has 16 heavy (non-hydrogen) atoms. The summed E-state index contributed by atoms with van der Waals surface area (Å²) in [7, 11) is 0. The highest BCUT2D eigenvalue weighted by Gasteiger charge is 2.17. The van der Waals surface area contributed by atoms with E-state index in [9.17, 15) is 4.79 Å². The molecule has 0 aromatic carbocycles. The van der Waals surface area contributed by atoms with Crippen LogP contribution in [0.15, 0.2) is 59.3 Å². The molecule has 0 saturated heterocycles. The molecule has 0 aromatic heterocycles. The highest BCUT2D eigenvalue weighted by molar-refractivity contribution is 5.94. The highest BCUT2D eigenvalue weighted by atomic mass is 17.1. The van der Waals surface area contributed by atoms with Gasteiger partial charge in [0.05, 0.1) is 5.57 Å². The monoisotopic (exact) mass is 216 g/mol. The molecule has 0 fully saturated rings. The third-order valence-corrected chi connectivity index (χ3v) is 2.55. The van der Waals surface area contributed by atoms with Crippen molar-refractivity contribution in [1.29, 1.82) is 0 Å². The summed E-state index contributed by atoms with van der Waals surface area (Å²) >= 11 is 0. The van der Waals surface area contributed by atoms with Crippen molar-refractivity contribution in [3.05, 3.63) is 59.3 Å². The van der Waals surface area contributed by atoms with Gasteiger partial charge in [-0.05, 0) is 30.1 Å². The molecule has 0 atom stereocenters. The van der Waals surface area contributed by atoms with Crippen LogP contribution in [0.3, 0.4) is 0 Å². The molecule has 0 aliphatic heterocycles. The Bertz CT molecular complexity index is 448. The van der Waals surface area contributed by atoms with E-state index in [1.807, 2.05) is 36.5 Å². The van der Waals surface area contributed by atoms with Crippen LogP contribution in [0.4, 0.5) is 0 Å². The zero-order valence-electron chi connectivity index (χ0n) is 8.72. The molecule has 0 heterocycles.